The second-order valence-electron chi connectivity index (χ2n) is 5.13. The van der Waals surface area contributed by atoms with E-state index in [4.69, 9.17) is 5.73 Å². The second-order valence-corrected chi connectivity index (χ2v) is 6.32. The maximum atomic E-state index is 6.32. The molecule has 0 aliphatic heterocycles. The van der Waals surface area contributed by atoms with Crippen molar-refractivity contribution in [2.24, 2.45) is 5.73 Å². The van der Waals surface area contributed by atoms with Crippen LogP contribution in [0.1, 0.15) is 35.4 Å². The number of aryl methyl sites for hydroxylation is 2. The molecule has 1 aromatic carbocycles. The molecule has 3 heteroatoms. The number of hydrogen-bond acceptors (Lipinski definition) is 3. The highest BCUT2D eigenvalue weighted by Crippen LogP contribution is 2.38. The normalized spacial score (nSPS) is 14.0. The van der Waals surface area contributed by atoms with Crippen molar-refractivity contribution in [2.75, 3.05) is 0 Å². The predicted molar refractivity (Wildman–Crippen MR) is 87.0 cm³/mol. The van der Waals surface area contributed by atoms with Gasteiger partial charge in [0.1, 0.15) is 0 Å². The summed E-state index contributed by atoms with van der Waals surface area (Å²) in [4.78, 5) is 5.79. The summed E-state index contributed by atoms with van der Waals surface area (Å²) in [7, 11) is 0. The maximum Gasteiger partial charge on any atom is 0.0668 e. The zero-order valence-electron chi connectivity index (χ0n) is 12.3. The minimum Gasteiger partial charge on any atom is -0.326 e. The number of aromatic nitrogens is 1. The van der Waals surface area contributed by atoms with Crippen LogP contribution in [0.5, 0.6) is 0 Å². The van der Waals surface area contributed by atoms with Gasteiger partial charge in [0.05, 0.1) is 10.9 Å². The SMILES string of the molecule is CCC(N)C(Sc1cc(C)ccc1C)c1ccccn1. The molecule has 2 atom stereocenters. The molecule has 0 radical (unpaired) electrons. The topological polar surface area (TPSA) is 38.9 Å². The number of hydrogen-bond donors (Lipinski definition) is 1. The molecule has 0 aliphatic rings. The van der Waals surface area contributed by atoms with E-state index < -0.39 is 0 Å². The molecule has 2 N–H and O–H groups in total. The van der Waals surface area contributed by atoms with Crippen molar-refractivity contribution in [2.45, 2.75) is 43.4 Å². The van der Waals surface area contributed by atoms with Crippen molar-refractivity contribution in [3.63, 3.8) is 0 Å². The van der Waals surface area contributed by atoms with E-state index in [2.05, 4.69) is 50.0 Å². The molecule has 1 aromatic heterocycles. The van der Waals surface area contributed by atoms with Gasteiger partial charge in [-0.2, -0.15) is 0 Å². The van der Waals surface area contributed by atoms with Gasteiger partial charge < -0.3 is 5.73 Å². The van der Waals surface area contributed by atoms with Crippen molar-refractivity contribution in [3.05, 3.63) is 59.4 Å². The summed E-state index contributed by atoms with van der Waals surface area (Å²) in [5, 5.41) is 0.196. The molecule has 0 spiro atoms. The highest BCUT2D eigenvalue weighted by Gasteiger charge is 2.21. The van der Waals surface area contributed by atoms with Gasteiger partial charge in [0.2, 0.25) is 0 Å². The van der Waals surface area contributed by atoms with Crippen molar-refractivity contribution in [1.82, 2.24) is 4.98 Å². The smallest absolute Gasteiger partial charge is 0.0668 e. The fraction of sp³-hybridized carbons (Fsp3) is 0.353. The predicted octanol–water partition coefficient (Wildman–Crippen LogP) is 4.27. The monoisotopic (exact) mass is 286 g/mol. The number of thioether (sulfide) groups is 1. The molecule has 1 heterocycles. The van der Waals surface area contributed by atoms with Crippen LogP contribution in [0.3, 0.4) is 0 Å². The van der Waals surface area contributed by atoms with Gasteiger partial charge in [-0.1, -0.05) is 30.7 Å². The van der Waals surface area contributed by atoms with Crippen LogP contribution in [0, 0.1) is 13.8 Å². The molecule has 20 heavy (non-hydrogen) atoms. The first-order valence-corrected chi connectivity index (χ1v) is 7.90. The molecule has 0 saturated carbocycles. The van der Waals surface area contributed by atoms with Crippen LogP contribution in [0.2, 0.25) is 0 Å². The molecule has 0 saturated heterocycles. The minimum atomic E-state index is 0.106. The fourth-order valence-corrected chi connectivity index (χ4v) is 3.51. The van der Waals surface area contributed by atoms with Gasteiger partial charge in [0.25, 0.3) is 0 Å². The van der Waals surface area contributed by atoms with Gasteiger partial charge in [-0.05, 0) is 44.0 Å². The Balaban J connectivity index is 2.31. The minimum absolute atomic E-state index is 0.106. The number of nitrogens with zero attached hydrogens (tertiary/aromatic N) is 1. The van der Waals surface area contributed by atoms with Crippen molar-refractivity contribution >= 4 is 11.8 Å². The van der Waals surface area contributed by atoms with Crippen LogP contribution < -0.4 is 5.73 Å². The molecule has 2 aromatic rings. The first-order valence-electron chi connectivity index (χ1n) is 7.02. The van der Waals surface area contributed by atoms with Crippen LogP contribution in [0.15, 0.2) is 47.5 Å². The standard InChI is InChI=1S/C17H22N2S/c1-4-14(18)17(15-7-5-6-10-19-15)20-16-11-12(2)8-9-13(16)3/h5-11,14,17H,4,18H2,1-3H3. The Bertz CT molecular complexity index is 554. The fourth-order valence-electron chi connectivity index (χ4n) is 2.10. The molecule has 0 amide bonds. The number of rotatable bonds is 5. The van der Waals surface area contributed by atoms with Gasteiger partial charge >= 0.3 is 0 Å². The zero-order valence-corrected chi connectivity index (χ0v) is 13.2. The van der Waals surface area contributed by atoms with Gasteiger partial charge in [0.15, 0.2) is 0 Å². The summed E-state index contributed by atoms with van der Waals surface area (Å²) in [5.41, 5.74) is 9.96. The highest BCUT2D eigenvalue weighted by molar-refractivity contribution is 7.99. The lowest BCUT2D eigenvalue weighted by Crippen LogP contribution is -2.26. The van der Waals surface area contributed by atoms with Crippen molar-refractivity contribution in [3.8, 4) is 0 Å². The largest absolute Gasteiger partial charge is 0.326 e. The van der Waals surface area contributed by atoms with Gasteiger partial charge in [-0.25, -0.2) is 0 Å². The Morgan fingerprint density at radius 2 is 2.00 bits per heavy atom. The Hall–Kier alpha value is -1.32. The van der Waals surface area contributed by atoms with Crippen LogP contribution in [-0.2, 0) is 0 Å². The van der Waals surface area contributed by atoms with E-state index in [0.717, 1.165) is 12.1 Å². The average molecular weight is 286 g/mol. The summed E-state index contributed by atoms with van der Waals surface area (Å²) < 4.78 is 0. The van der Waals surface area contributed by atoms with Gasteiger partial charge in [-0.15, -0.1) is 11.8 Å². The van der Waals surface area contributed by atoms with Gasteiger partial charge in [-0.3, -0.25) is 4.98 Å². The Kier molecular flexibility index (Phi) is 5.21. The Labute approximate surface area is 125 Å². The summed E-state index contributed by atoms with van der Waals surface area (Å²) in [6.45, 7) is 6.40. The third-order valence-corrected chi connectivity index (χ3v) is 4.98. The third kappa shape index (κ3) is 3.62. The van der Waals surface area contributed by atoms with E-state index >= 15 is 0 Å². The van der Waals surface area contributed by atoms with Crippen LogP contribution >= 0.6 is 11.8 Å². The molecule has 0 aliphatic carbocycles. The lowest BCUT2D eigenvalue weighted by molar-refractivity contribution is 0.624. The lowest BCUT2D eigenvalue weighted by atomic mass is 10.1. The Morgan fingerprint density at radius 1 is 1.20 bits per heavy atom. The van der Waals surface area contributed by atoms with Gasteiger partial charge in [0, 0.05) is 17.1 Å². The summed E-state index contributed by atoms with van der Waals surface area (Å²) in [5.74, 6) is 0. The van der Waals surface area contributed by atoms with E-state index in [1.165, 1.54) is 16.0 Å². The van der Waals surface area contributed by atoms with E-state index in [1.807, 2.05) is 30.1 Å². The third-order valence-electron chi connectivity index (χ3n) is 3.44. The van der Waals surface area contributed by atoms with Crippen LogP contribution in [0.4, 0.5) is 0 Å². The second kappa shape index (κ2) is 6.91. The van der Waals surface area contributed by atoms with E-state index in [-0.39, 0.29) is 11.3 Å². The average Bonchev–Trinajstić information content (AvgIpc) is 2.48. The summed E-state index contributed by atoms with van der Waals surface area (Å²) >= 11 is 1.83. The first kappa shape index (κ1) is 15.1. The van der Waals surface area contributed by atoms with E-state index in [0.29, 0.717) is 0 Å². The van der Waals surface area contributed by atoms with Crippen molar-refractivity contribution in [1.29, 1.82) is 0 Å². The van der Waals surface area contributed by atoms with E-state index in [9.17, 15) is 0 Å². The molecular formula is C17H22N2S. The molecule has 2 unspecified atom stereocenters. The molecule has 0 bridgehead atoms. The summed E-state index contributed by atoms with van der Waals surface area (Å²) in [6, 6.07) is 12.7. The molecule has 2 rings (SSSR count). The van der Waals surface area contributed by atoms with Crippen LogP contribution in [-0.4, -0.2) is 11.0 Å². The van der Waals surface area contributed by atoms with Crippen LogP contribution in [0.25, 0.3) is 0 Å². The van der Waals surface area contributed by atoms with E-state index in [1.54, 1.807) is 0 Å². The molecule has 2 nitrogen and oxygen atoms in total. The highest BCUT2D eigenvalue weighted by atomic mass is 32.2. The number of nitrogens with two attached hydrogens (primary N) is 1. The zero-order chi connectivity index (χ0) is 14.5. The quantitative estimate of drug-likeness (QED) is 0.834. The summed E-state index contributed by atoms with van der Waals surface area (Å²) in [6.07, 6.45) is 2.79. The first-order chi connectivity index (χ1) is 9.61. The van der Waals surface area contributed by atoms with Crippen molar-refractivity contribution < 1.29 is 0 Å². The molecule has 0 fully saturated rings. The molecular weight excluding hydrogens is 264 g/mol. The Morgan fingerprint density at radius 3 is 2.65 bits per heavy atom. The number of benzene rings is 1. The lowest BCUT2D eigenvalue weighted by Gasteiger charge is -2.23. The maximum absolute atomic E-state index is 6.32. The number of pyridine rings is 1. The molecule has 106 valence electrons.